The van der Waals surface area contributed by atoms with Crippen LogP contribution in [0.1, 0.15) is 39.6 Å². The maximum atomic E-state index is 15.3. The number of carbonyl (C=O) groups is 1. The van der Waals surface area contributed by atoms with E-state index in [0.717, 1.165) is 0 Å². The number of rotatable bonds is 6. The first-order chi connectivity index (χ1) is 18.0. The molecule has 0 unspecified atom stereocenters. The summed E-state index contributed by atoms with van der Waals surface area (Å²) >= 11 is 6.46. The zero-order chi connectivity index (χ0) is 27.2. The molecule has 4 aromatic rings. The van der Waals surface area contributed by atoms with Gasteiger partial charge >= 0.3 is 0 Å². The van der Waals surface area contributed by atoms with Gasteiger partial charge in [0.25, 0.3) is 5.91 Å². The molecule has 5 rings (SSSR count). The van der Waals surface area contributed by atoms with Gasteiger partial charge in [-0.3, -0.25) is 4.79 Å². The van der Waals surface area contributed by atoms with Gasteiger partial charge in [0.1, 0.15) is 23.8 Å². The topological polar surface area (TPSA) is 124 Å². The number of amides is 1. The van der Waals surface area contributed by atoms with Gasteiger partial charge < -0.3 is 25.3 Å². The van der Waals surface area contributed by atoms with Gasteiger partial charge in [0.05, 0.1) is 46.5 Å². The van der Waals surface area contributed by atoms with Crippen molar-refractivity contribution in [1.29, 1.82) is 0 Å². The number of nitrogens with two attached hydrogens (primary N) is 1. The average Bonchev–Trinajstić information content (AvgIpc) is 3.27. The highest BCUT2D eigenvalue weighted by Gasteiger charge is 2.27. The minimum atomic E-state index is -0.767. The van der Waals surface area contributed by atoms with Crippen molar-refractivity contribution in [2.75, 3.05) is 30.0 Å². The van der Waals surface area contributed by atoms with E-state index in [1.165, 1.54) is 12.3 Å². The van der Waals surface area contributed by atoms with E-state index < -0.39 is 11.4 Å². The zero-order valence-electron chi connectivity index (χ0n) is 21.5. The Morgan fingerprint density at radius 1 is 1.18 bits per heavy atom. The van der Waals surface area contributed by atoms with E-state index in [-0.39, 0.29) is 35.0 Å². The molecule has 0 bridgehead atoms. The Labute approximate surface area is 224 Å². The van der Waals surface area contributed by atoms with Gasteiger partial charge in [-0.2, -0.15) is 0 Å². The molecule has 0 saturated carbocycles. The van der Waals surface area contributed by atoms with E-state index >= 15 is 4.39 Å². The summed E-state index contributed by atoms with van der Waals surface area (Å²) in [5, 5.41) is 3.30. The Balaban J connectivity index is 1.48. The van der Waals surface area contributed by atoms with Crippen molar-refractivity contribution < 1.29 is 13.9 Å². The number of halogens is 2. The minimum absolute atomic E-state index is 0.00706. The number of hydrogen-bond donors (Lipinski definition) is 2. The molecule has 1 aliphatic heterocycles. The molecular formula is C26H28ClFN8O2. The molecule has 1 aliphatic rings. The van der Waals surface area contributed by atoms with Crippen LogP contribution in [0.15, 0.2) is 36.7 Å². The Morgan fingerprint density at radius 3 is 2.63 bits per heavy atom. The second-order valence-corrected chi connectivity index (χ2v) is 10.4. The number of nitrogens with one attached hydrogen (secondary N) is 1. The summed E-state index contributed by atoms with van der Waals surface area (Å²) in [7, 11) is 0. The summed E-state index contributed by atoms with van der Waals surface area (Å²) in [4.78, 5) is 31.4. The number of carbonyl (C=O) groups excluding carboxylic acids is 1. The smallest absolute Gasteiger partial charge is 0.253 e. The summed E-state index contributed by atoms with van der Waals surface area (Å²) < 4.78 is 22.4. The first-order valence-corrected chi connectivity index (χ1v) is 12.6. The maximum absolute atomic E-state index is 15.3. The monoisotopic (exact) mass is 538 g/mol. The van der Waals surface area contributed by atoms with Crippen LogP contribution in [0, 0.1) is 5.82 Å². The van der Waals surface area contributed by atoms with Gasteiger partial charge in [0, 0.05) is 18.2 Å². The molecule has 0 atom stereocenters. The lowest BCUT2D eigenvalue weighted by atomic mass is 10.1. The number of anilines is 3. The zero-order valence-corrected chi connectivity index (χ0v) is 22.3. The number of pyridine rings is 1. The van der Waals surface area contributed by atoms with Crippen LogP contribution in [0.4, 0.5) is 21.8 Å². The predicted molar refractivity (Wildman–Crippen MR) is 144 cm³/mol. The first kappa shape index (κ1) is 26.0. The highest BCUT2D eigenvalue weighted by Crippen LogP contribution is 2.34. The summed E-state index contributed by atoms with van der Waals surface area (Å²) in [5.41, 5.74) is 7.92. The van der Waals surface area contributed by atoms with Crippen molar-refractivity contribution in [2.24, 2.45) is 5.73 Å². The van der Waals surface area contributed by atoms with Gasteiger partial charge in [-0.05, 0) is 52.0 Å². The molecular weight excluding hydrogens is 511 g/mol. The normalized spacial score (nSPS) is 14.5. The Kier molecular flexibility index (Phi) is 6.76. The van der Waals surface area contributed by atoms with Crippen molar-refractivity contribution >= 4 is 46.0 Å². The van der Waals surface area contributed by atoms with E-state index in [2.05, 4.69) is 25.3 Å². The Bertz CT molecular complexity index is 1510. The predicted octanol–water partition coefficient (Wildman–Crippen LogP) is 4.56. The number of ether oxygens (including phenoxy) is 1. The highest BCUT2D eigenvalue weighted by atomic mass is 35.5. The van der Waals surface area contributed by atoms with Gasteiger partial charge in [0.15, 0.2) is 5.82 Å². The van der Waals surface area contributed by atoms with Gasteiger partial charge in [0.2, 0.25) is 5.95 Å². The van der Waals surface area contributed by atoms with Crippen molar-refractivity contribution in [1.82, 2.24) is 24.5 Å². The molecule has 1 saturated heterocycles. The highest BCUT2D eigenvalue weighted by molar-refractivity contribution is 6.33. The third kappa shape index (κ3) is 4.92. The molecule has 0 aliphatic carbocycles. The van der Waals surface area contributed by atoms with Crippen molar-refractivity contribution in [3.8, 4) is 11.3 Å². The molecule has 12 heteroatoms. The molecule has 0 radical (unpaired) electrons. The number of aromatic nitrogens is 5. The van der Waals surface area contributed by atoms with E-state index in [1.54, 1.807) is 23.2 Å². The van der Waals surface area contributed by atoms with Crippen LogP contribution >= 0.6 is 11.6 Å². The lowest BCUT2D eigenvalue weighted by molar-refractivity contribution is -0.125. The van der Waals surface area contributed by atoms with Crippen molar-refractivity contribution in [3.63, 3.8) is 0 Å². The fourth-order valence-electron chi connectivity index (χ4n) is 4.42. The summed E-state index contributed by atoms with van der Waals surface area (Å²) in [6, 6.07) is 6.66. The number of imidazole rings is 1. The molecule has 3 N–H and O–H groups in total. The molecule has 10 nitrogen and oxygen atoms in total. The van der Waals surface area contributed by atoms with Crippen LogP contribution in [0.2, 0.25) is 5.02 Å². The fourth-order valence-corrected chi connectivity index (χ4v) is 4.62. The maximum Gasteiger partial charge on any atom is 0.253 e. The van der Waals surface area contributed by atoms with Crippen LogP contribution in [0.25, 0.3) is 22.3 Å². The van der Waals surface area contributed by atoms with E-state index in [4.69, 9.17) is 22.1 Å². The van der Waals surface area contributed by atoms with E-state index in [9.17, 15) is 4.79 Å². The fraction of sp³-hybridized carbons (Fsp3) is 0.346. The number of fused-ring (bicyclic) bond motifs is 1. The van der Waals surface area contributed by atoms with Crippen LogP contribution in [0.5, 0.6) is 0 Å². The van der Waals surface area contributed by atoms with Crippen LogP contribution < -0.4 is 16.0 Å². The lowest BCUT2D eigenvalue weighted by Crippen LogP contribution is -2.41. The average molecular weight is 539 g/mol. The van der Waals surface area contributed by atoms with Gasteiger partial charge in [-0.1, -0.05) is 11.6 Å². The number of morpholine rings is 1. The van der Waals surface area contributed by atoms with E-state index in [0.29, 0.717) is 47.3 Å². The molecule has 198 valence electrons. The standard InChI is InChI=1S/C26H28ClFN8O2/c1-14(2)36-19-10-15(9-18(28)23(19)33-24(36)26(3,4)29)22-17(27)12-31-25(34-22)32-20-6-5-16(11-30-20)35-7-8-38-13-21(35)37/h5-6,9-12,14H,7-8,13,29H2,1-4H3,(H,30,31,32,34). The van der Waals surface area contributed by atoms with Gasteiger partial charge in [-0.25, -0.2) is 24.3 Å². The molecule has 1 aromatic carbocycles. The largest absolute Gasteiger partial charge is 0.370 e. The summed E-state index contributed by atoms with van der Waals surface area (Å²) in [6.07, 6.45) is 3.04. The third-order valence-corrected chi connectivity index (χ3v) is 6.42. The molecule has 1 fully saturated rings. The van der Waals surface area contributed by atoms with Crippen molar-refractivity contribution in [3.05, 3.63) is 53.3 Å². The first-order valence-electron chi connectivity index (χ1n) is 12.2. The number of benzene rings is 1. The van der Waals surface area contributed by atoms with Crippen LogP contribution in [0.3, 0.4) is 0 Å². The molecule has 38 heavy (non-hydrogen) atoms. The second-order valence-electron chi connectivity index (χ2n) is 9.96. The second kappa shape index (κ2) is 9.90. The lowest BCUT2D eigenvalue weighted by Gasteiger charge is -2.26. The number of hydrogen-bond acceptors (Lipinski definition) is 8. The Morgan fingerprint density at radius 2 is 1.97 bits per heavy atom. The SMILES string of the molecule is CC(C)n1c(C(C)(C)N)nc2c(F)cc(-c3nc(Nc4ccc(N5CCOCC5=O)cn4)ncc3Cl)cc21. The Hall–Kier alpha value is -3.67. The molecule has 4 heterocycles. The van der Waals surface area contributed by atoms with E-state index in [1.807, 2.05) is 38.3 Å². The molecule has 0 spiro atoms. The third-order valence-electron chi connectivity index (χ3n) is 6.14. The number of nitrogens with zero attached hydrogens (tertiary/aromatic N) is 6. The van der Waals surface area contributed by atoms with Crippen LogP contribution in [-0.2, 0) is 15.1 Å². The van der Waals surface area contributed by atoms with Crippen molar-refractivity contribution in [2.45, 2.75) is 39.3 Å². The summed E-state index contributed by atoms with van der Waals surface area (Å²) in [5.74, 6) is 0.671. The van der Waals surface area contributed by atoms with Crippen LogP contribution in [-0.4, -0.2) is 50.2 Å². The quantitative estimate of drug-likeness (QED) is 0.366. The molecule has 3 aromatic heterocycles. The minimum Gasteiger partial charge on any atom is -0.370 e. The van der Waals surface area contributed by atoms with Gasteiger partial charge in [-0.15, -0.1) is 0 Å². The summed E-state index contributed by atoms with van der Waals surface area (Å²) in [6.45, 7) is 8.66. The molecule has 1 amide bonds.